The van der Waals surface area contributed by atoms with Gasteiger partial charge in [0.1, 0.15) is 5.69 Å². The second kappa shape index (κ2) is 5.24. The van der Waals surface area contributed by atoms with Crippen molar-refractivity contribution in [2.24, 2.45) is 0 Å². The summed E-state index contributed by atoms with van der Waals surface area (Å²) in [5.74, 6) is -0.336. The number of hydrogen-bond acceptors (Lipinski definition) is 3. The molecule has 1 aromatic carbocycles. The van der Waals surface area contributed by atoms with Crippen molar-refractivity contribution in [1.82, 2.24) is 10.2 Å². The Labute approximate surface area is 115 Å². The lowest BCUT2D eigenvalue weighted by atomic mass is 10.2. The first-order chi connectivity index (χ1) is 9.72. The predicted octanol–water partition coefficient (Wildman–Crippen LogP) is 1.56. The summed E-state index contributed by atoms with van der Waals surface area (Å²) >= 11 is 0. The fraction of sp³-hybridized carbons (Fsp3) is 0.286. The smallest absolute Gasteiger partial charge is 0.273 e. The molecular weight excluding hydrogens is 256 g/mol. The van der Waals surface area contributed by atoms with Gasteiger partial charge in [-0.2, -0.15) is 0 Å². The summed E-state index contributed by atoms with van der Waals surface area (Å²) in [6, 6.07) is 8.97. The number of carbonyl (C=O) groups is 1. The van der Waals surface area contributed by atoms with Crippen LogP contribution in [0.3, 0.4) is 0 Å². The van der Waals surface area contributed by atoms with E-state index in [0.29, 0.717) is 5.69 Å². The lowest BCUT2D eigenvalue weighted by Gasteiger charge is -2.17. The highest BCUT2D eigenvalue weighted by Gasteiger charge is 2.12. The van der Waals surface area contributed by atoms with Gasteiger partial charge in [0, 0.05) is 30.5 Å². The normalized spacial score (nSPS) is 14.5. The minimum Gasteiger partial charge on any atom is -0.372 e. The molecule has 1 amide bonds. The second-order valence-corrected chi connectivity index (χ2v) is 4.87. The van der Waals surface area contributed by atoms with E-state index in [9.17, 15) is 9.59 Å². The average Bonchev–Trinajstić information content (AvgIpc) is 3.10. The van der Waals surface area contributed by atoms with Crippen molar-refractivity contribution in [1.29, 1.82) is 0 Å². The van der Waals surface area contributed by atoms with E-state index in [-0.39, 0.29) is 17.2 Å². The van der Waals surface area contributed by atoms with Crippen LogP contribution < -0.4 is 15.8 Å². The molecule has 2 aromatic rings. The molecule has 2 heterocycles. The minimum absolute atomic E-state index is 0.221. The molecule has 0 unspecified atom stereocenters. The first kappa shape index (κ1) is 12.5. The molecule has 3 rings (SSSR count). The van der Waals surface area contributed by atoms with Gasteiger partial charge in [-0.1, -0.05) is 0 Å². The molecule has 0 aliphatic carbocycles. The first-order valence-corrected chi connectivity index (χ1v) is 6.66. The van der Waals surface area contributed by atoms with E-state index >= 15 is 0 Å². The lowest BCUT2D eigenvalue weighted by molar-refractivity contribution is 0.102. The standard InChI is InChI=1S/C14H16N4O2/c19-13-9-12(16-17-13)14(20)15-10-3-5-11(6-4-10)18-7-1-2-8-18/h3-6,9H,1-2,7-8H2,(H,15,20)(H2,16,17,19). The third kappa shape index (κ3) is 2.59. The third-order valence-electron chi connectivity index (χ3n) is 3.44. The predicted molar refractivity (Wildman–Crippen MR) is 77.3 cm³/mol. The van der Waals surface area contributed by atoms with Crippen LogP contribution in [0.15, 0.2) is 35.1 Å². The number of H-pyrrole nitrogens is 2. The Bertz CT molecular complexity index is 650. The van der Waals surface area contributed by atoms with E-state index in [2.05, 4.69) is 20.4 Å². The van der Waals surface area contributed by atoms with E-state index in [1.807, 2.05) is 24.3 Å². The van der Waals surface area contributed by atoms with Crippen LogP contribution in [0.5, 0.6) is 0 Å². The lowest BCUT2D eigenvalue weighted by Crippen LogP contribution is -2.17. The Morgan fingerprint density at radius 3 is 2.40 bits per heavy atom. The molecule has 0 atom stereocenters. The quantitative estimate of drug-likeness (QED) is 0.793. The van der Waals surface area contributed by atoms with Gasteiger partial charge in [0.05, 0.1) is 0 Å². The second-order valence-electron chi connectivity index (χ2n) is 4.87. The molecule has 6 heteroatoms. The molecule has 0 radical (unpaired) electrons. The number of anilines is 2. The van der Waals surface area contributed by atoms with E-state index < -0.39 is 0 Å². The SMILES string of the molecule is O=C(Nc1ccc(N2CCCC2)cc1)c1cc(=O)[nH][nH]1. The summed E-state index contributed by atoms with van der Waals surface area (Å²) in [4.78, 5) is 25.2. The molecule has 1 aliphatic rings. The zero-order valence-corrected chi connectivity index (χ0v) is 11.0. The van der Waals surface area contributed by atoms with Crippen molar-refractivity contribution >= 4 is 17.3 Å². The summed E-state index contributed by atoms with van der Waals surface area (Å²) in [5.41, 5.74) is 1.79. The minimum atomic E-state index is -0.336. The van der Waals surface area contributed by atoms with E-state index in [4.69, 9.17) is 0 Å². The molecule has 6 nitrogen and oxygen atoms in total. The van der Waals surface area contributed by atoms with Crippen LogP contribution >= 0.6 is 0 Å². The fourth-order valence-electron chi connectivity index (χ4n) is 2.38. The van der Waals surface area contributed by atoms with Crippen LogP contribution in [0, 0.1) is 0 Å². The number of nitrogens with zero attached hydrogens (tertiary/aromatic N) is 1. The molecule has 3 N–H and O–H groups in total. The maximum Gasteiger partial charge on any atom is 0.273 e. The largest absolute Gasteiger partial charge is 0.372 e. The number of benzene rings is 1. The van der Waals surface area contributed by atoms with Gasteiger partial charge in [-0.05, 0) is 37.1 Å². The molecule has 20 heavy (non-hydrogen) atoms. The van der Waals surface area contributed by atoms with Gasteiger partial charge in [-0.15, -0.1) is 0 Å². The molecule has 0 saturated carbocycles. The molecule has 1 saturated heterocycles. The van der Waals surface area contributed by atoms with Crippen LogP contribution in [0.1, 0.15) is 23.3 Å². The van der Waals surface area contributed by atoms with Crippen molar-refractivity contribution < 1.29 is 4.79 Å². The van der Waals surface area contributed by atoms with Gasteiger partial charge >= 0.3 is 0 Å². The molecular formula is C14H16N4O2. The van der Waals surface area contributed by atoms with Crippen LogP contribution in [-0.4, -0.2) is 29.2 Å². The number of rotatable bonds is 3. The number of nitrogens with one attached hydrogen (secondary N) is 3. The Morgan fingerprint density at radius 2 is 1.80 bits per heavy atom. The van der Waals surface area contributed by atoms with Crippen molar-refractivity contribution in [3.63, 3.8) is 0 Å². The topological polar surface area (TPSA) is 81.0 Å². The summed E-state index contributed by atoms with van der Waals surface area (Å²) in [7, 11) is 0. The summed E-state index contributed by atoms with van der Waals surface area (Å²) in [5, 5.41) is 7.60. The van der Waals surface area contributed by atoms with Crippen molar-refractivity contribution in [2.75, 3.05) is 23.3 Å². The monoisotopic (exact) mass is 272 g/mol. The Balaban J connectivity index is 1.68. The highest BCUT2D eigenvalue weighted by molar-refractivity contribution is 6.02. The van der Waals surface area contributed by atoms with Crippen LogP contribution in [0.4, 0.5) is 11.4 Å². The van der Waals surface area contributed by atoms with Crippen LogP contribution in [0.2, 0.25) is 0 Å². The van der Waals surface area contributed by atoms with E-state index in [1.165, 1.54) is 24.6 Å². The summed E-state index contributed by atoms with van der Waals surface area (Å²) in [6.07, 6.45) is 2.47. The maximum absolute atomic E-state index is 11.9. The zero-order chi connectivity index (χ0) is 13.9. The number of amides is 1. The molecule has 0 bridgehead atoms. The fourth-order valence-corrected chi connectivity index (χ4v) is 2.38. The number of carbonyl (C=O) groups excluding carboxylic acids is 1. The van der Waals surface area contributed by atoms with Gasteiger partial charge < -0.3 is 10.2 Å². The molecule has 1 fully saturated rings. The third-order valence-corrected chi connectivity index (χ3v) is 3.44. The van der Waals surface area contributed by atoms with Gasteiger partial charge in [-0.25, -0.2) is 0 Å². The number of hydrogen-bond donors (Lipinski definition) is 3. The Kier molecular flexibility index (Phi) is 3.28. The highest BCUT2D eigenvalue weighted by atomic mass is 16.2. The molecule has 1 aliphatic heterocycles. The van der Waals surface area contributed by atoms with Gasteiger partial charge in [0.25, 0.3) is 11.5 Å². The van der Waals surface area contributed by atoms with Crippen molar-refractivity contribution in [2.45, 2.75) is 12.8 Å². The Hall–Kier alpha value is -2.50. The van der Waals surface area contributed by atoms with Crippen LogP contribution in [0.25, 0.3) is 0 Å². The molecule has 104 valence electrons. The first-order valence-electron chi connectivity index (χ1n) is 6.66. The van der Waals surface area contributed by atoms with E-state index in [1.54, 1.807) is 0 Å². The van der Waals surface area contributed by atoms with Crippen molar-refractivity contribution in [3.05, 3.63) is 46.4 Å². The average molecular weight is 272 g/mol. The van der Waals surface area contributed by atoms with Gasteiger partial charge in [0.2, 0.25) is 0 Å². The molecule has 0 spiro atoms. The molecule has 1 aromatic heterocycles. The van der Waals surface area contributed by atoms with Crippen molar-refractivity contribution in [3.8, 4) is 0 Å². The number of aromatic nitrogens is 2. The maximum atomic E-state index is 11.9. The summed E-state index contributed by atoms with van der Waals surface area (Å²) < 4.78 is 0. The van der Waals surface area contributed by atoms with Gasteiger partial charge in [0.15, 0.2) is 0 Å². The highest BCUT2D eigenvalue weighted by Crippen LogP contribution is 2.22. The van der Waals surface area contributed by atoms with Crippen LogP contribution in [-0.2, 0) is 0 Å². The van der Waals surface area contributed by atoms with E-state index in [0.717, 1.165) is 13.1 Å². The zero-order valence-electron chi connectivity index (χ0n) is 11.0. The Morgan fingerprint density at radius 1 is 1.10 bits per heavy atom. The number of aromatic amines is 2. The van der Waals surface area contributed by atoms with Gasteiger partial charge in [-0.3, -0.25) is 19.8 Å². The summed E-state index contributed by atoms with van der Waals surface area (Å²) in [6.45, 7) is 2.19.